The highest BCUT2D eigenvalue weighted by molar-refractivity contribution is 6.35. The van der Waals surface area contributed by atoms with E-state index in [1.165, 1.54) is 18.3 Å². The molecule has 9 heteroatoms. The number of nitro groups is 1. The Morgan fingerprint density at radius 1 is 1.33 bits per heavy atom. The lowest BCUT2D eigenvalue weighted by atomic mass is 10.2. The van der Waals surface area contributed by atoms with Crippen LogP contribution in [-0.2, 0) is 0 Å². The molecule has 108 valence electrons. The fourth-order valence-corrected chi connectivity index (χ4v) is 1.86. The number of nitro benzene ring substituents is 1. The molecule has 1 aromatic heterocycles. The number of hydrogen-bond donors (Lipinski definition) is 1. The number of aromatic nitrogens is 1. The van der Waals surface area contributed by atoms with E-state index >= 15 is 0 Å². The van der Waals surface area contributed by atoms with E-state index in [-0.39, 0.29) is 21.4 Å². The summed E-state index contributed by atoms with van der Waals surface area (Å²) in [7, 11) is 0. The highest BCUT2D eigenvalue weighted by Gasteiger charge is 2.17. The molecule has 0 saturated carbocycles. The van der Waals surface area contributed by atoms with Crippen LogP contribution in [0.5, 0.6) is 0 Å². The number of pyridine rings is 1. The Labute approximate surface area is 127 Å². The SMILES string of the molecule is O=C(Nc1ccc(F)c([N+](=O)[O-])c1)c1cc(Cl)ncc1Cl. The van der Waals surface area contributed by atoms with Gasteiger partial charge in [0.25, 0.3) is 5.91 Å². The smallest absolute Gasteiger partial charge is 0.306 e. The van der Waals surface area contributed by atoms with E-state index < -0.39 is 22.3 Å². The molecular weight excluding hydrogens is 324 g/mol. The van der Waals surface area contributed by atoms with Crippen LogP contribution in [0.1, 0.15) is 10.4 Å². The Morgan fingerprint density at radius 3 is 2.71 bits per heavy atom. The lowest BCUT2D eigenvalue weighted by Gasteiger charge is -2.07. The van der Waals surface area contributed by atoms with Crippen LogP contribution in [0.3, 0.4) is 0 Å². The first-order chi connectivity index (χ1) is 9.88. The van der Waals surface area contributed by atoms with Crippen molar-refractivity contribution in [3.05, 3.63) is 62.1 Å². The third-order valence-electron chi connectivity index (χ3n) is 2.47. The van der Waals surface area contributed by atoms with Gasteiger partial charge in [-0.2, -0.15) is 4.39 Å². The Hall–Kier alpha value is -2.25. The van der Waals surface area contributed by atoms with E-state index in [0.29, 0.717) is 0 Å². The number of anilines is 1. The molecular formula is C12H6Cl2FN3O3. The second-order valence-corrected chi connectivity index (χ2v) is 4.66. The fraction of sp³-hybridized carbons (Fsp3) is 0. The number of benzene rings is 1. The van der Waals surface area contributed by atoms with Crippen molar-refractivity contribution in [2.75, 3.05) is 5.32 Å². The third kappa shape index (κ3) is 3.45. The van der Waals surface area contributed by atoms with Crippen molar-refractivity contribution in [2.45, 2.75) is 0 Å². The summed E-state index contributed by atoms with van der Waals surface area (Å²) in [5.41, 5.74) is -0.646. The lowest BCUT2D eigenvalue weighted by Crippen LogP contribution is -2.13. The first-order valence-corrected chi connectivity index (χ1v) is 6.20. The molecule has 0 bridgehead atoms. The molecule has 2 rings (SSSR count). The van der Waals surface area contributed by atoms with E-state index in [0.717, 1.165) is 12.1 Å². The van der Waals surface area contributed by atoms with E-state index in [1.54, 1.807) is 0 Å². The summed E-state index contributed by atoms with van der Waals surface area (Å²) in [4.78, 5) is 25.4. The molecule has 1 N–H and O–H groups in total. The van der Waals surface area contributed by atoms with Crippen molar-refractivity contribution in [3.63, 3.8) is 0 Å². The van der Waals surface area contributed by atoms with Gasteiger partial charge in [0.15, 0.2) is 0 Å². The molecule has 6 nitrogen and oxygen atoms in total. The van der Waals surface area contributed by atoms with Gasteiger partial charge in [-0.05, 0) is 18.2 Å². The van der Waals surface area contributed by atoms with Crippen LogP contribution >= 0.6 is 23.2 Å². The molecule has 0 radical (unpaired) electrons. The molecule has 0 saturated heterocycles. The molecule has 0 atom stereocenters. The molecule has 0 unspecified atom stereocenters. The molecule has 2 aromatic rings. The van der Waals surface area contributed by atoms with Gasteiger partial charge < -0.3 is 5.32 Å². The summed E-state index contributed by atoms with van der Waals surface area (Å²) >= 11 is 11.5. The van der Waals surface area contributed by atoms with Gasteiger partial charge in [-0.25, -0.2) is 4.98 Å². The minimum Gasteiger partial charge on any atom is -0.322 e. The lowest BCUT2D eigenvalue weighted by molar-refractivity contribution is -0.387. The minimum atomic E-state index is -0.997. The Morgan fingerprint density at radius 2 is 2.05 bits per heavy atom. The molecule has 0 aliphatic heterocycles. The molecule has 21 heavy (non-hydrogen) atoms. The number of carbonyl (C=O) groups excluding carboxylic acids is 1. The van der Waals surface area contributed by atoms with Gasteiger partial charge in [0.2, 0.25) is 5.82 Å². The van der Waals surface area contributed by atoms with E-state index in [1.807, 2.05) is 0 Å². The van der Waals surface area contributed by atoms with Crippen LogP contribution in [0.4, 0.5) is 15.8 Å². The van der Waals surface area contributed by atoms with Gasteiger partial charge >= 0.3 is 5.69 Å². The van der Waals surface area contributed by atoms with Crippen LogP contribution in [0.15, 0.2) is 30.5 Å². The van der Waals surface area contributed by atoms with E-state index in [9.17, 15) is 19.3 Å². The number of nitrogens with one attached hydrogen (secondary N) is 1. The number of carbonyl (C=O) groups is 1. The fourth-order valence-electron chi connectivity index (χ4n) is 1.52. The van der Waals surface area contributed by atoms with Gasteiger partial charge in [0.05, 0.1) is 15.5 Å². The van der Waals surface area contributed by atoms with Crippen molar-refractivity contribution in [1.29, 1.82) is 0 Å². The number of hydrogen-bond acceptors (Lipinski definition) is 4. The second kappa shape index (κ2) is 6.02. The summed E-state index contributed by atoms with van der Waals surface area (Å²) in [6.45, 7) is 0. The predicted molar refractivity (Wildman–Crippen MR) is 75.3 cm³/mol. The van der Waals surface area contributed by atoms with E-state index in [2.05, 4.69) is 10.3 Å². The quantitative estimate of drug-likeness (QED) is 0.528. The van der Waals surface area contributed by atoms with Crippen molar-refractivity contribution in [2.24, 2.45) is 0 Å². The first kappa shape index (κ1) is 15.1. The minimum absolute atomic E-state index is 0.0450. The maximum absolute atomic E-state index is 13.2. The maximum Gasteiger partial charge on any atom is 0.306 e. The topological polar surface area (TPSA) is 85.1 Å². The normalized spacial score (nSPS) is 10.2. The average molecular weight is 330 g/mol. The van der Waals surface area contributed by atoms with Crippen molar-refractivity contribution < 1.29 is 14.1 Å². The third-order valence-corrected chi connectivity index (χ3v) is 2.98. The van der Waals surface area contributed by atoms with Crippen LogP contribution in [0, 0.1) is 15.9 Å². The Bertz CT molecular complexity index is 740. The van der Waals surface area contributed by atoms with Crippen molar-refractivity contribution in [3.8, 4) is 0 Å². The highest BCUT2D eigenvalue weighted by Crippen LogP contribution is 2.23. The number of rotatable bonds is 3. The molecule has 1 aromatic carbocycles. The average Bonchev–Trinajstić information content (AvgIpc) is 2.43. The van der Waals surface area contributed by atoms with Gasteiger partial charge in [0.1, 0.15) is 5.15 Å². The zero-order chi connectivity index (χ0) is 15.6. The Balaban J connectivity index is 2.29. The molecule has 0 fully saturated rings. The summed E-state index contributed by atoms with van der Waals surface area (Å²) in [5, 5.41) is 13.1. The van der Waals surface area contributed by atoms with Crippen molar-refractivity contribution >= 4 is 40.5 Å². The maximum atomic E-state index is 13.2. The molecule has 0 aliphatic carbocycles. The Kier molecular flexibility index (Phi) is 4.35. The summed E-state index contributed by atoms with van der Waals surface area (Å²) in [6.07, 6.45) is 1.20. The standard InChI is InChI=1S/C12H6Cl2FN3O3/c13-8-5-16-11(14)4-7(8)12(19)17-6-1-2-9(15)10(3-6)18(20)21/h1-5H,(H,17,19). The van der Waals surface area contributed by atoms with Crippen LogP contribution < -0.4 is 5.32 Å². The monoisotopic (exact) mass is 329 g/mol. The van der Waals surface area contributed by atoms with Gasteiger partial charge in [-0.15, -0.1) is 0 Å². The predicted octanol–water partition coefficient (Wildman–Crippen LogP) is 3.69. The summed E-state index contributed by atoms with van der Waals surface area (Å²) in [5.74, 6) is -1.65. The molecule has 1 amide bonds. The van der Waals surface area contributed by atoms with Gasteiger partial charge in [-0.1, -0.05) is 23.2 Å². The second-order valence-electron chi connectivity index (χ2n) is 3.86. The van der Waals surface area contributed by atoms with Crippen molar-refractivity contribution in [1.82, 2.24) is 4.98 Å². The van der Waals surface area contributed by atoms with Crippen LogP contribution in [0.25, 0.3) is 0 Å². The molecule has 0 spiro atoms. The first-order valence-electron chi connectivity index (χ1n) is 5.45. The molecule has 1 heterocycles. The zero-order valence-electron chi connectivity index (χ0n) is 10.1. The van der Waals surface area contributed by atoms with Gasteiger partial charge in [0, 0.05) is 18.0 Å². The number of amides is 1. The highest BCUT2D eigenvalue weighted by atomic mass is 35.5. The van der Waals surface area contributed by atoms with Crippen LogP contribution in [-0.4, -0.2) is 15.8 Å². The summed E-state index contributed by atoms with van der Waals surface area (Å²) < 4.78 is 13.2. The zero-order valence-corrected chi connectivity index (χ0v) is 11.7. The molecule has 0 aliphatic rings. The summed E-state index contributed by atoms with van der Waals surface area (Å²) in [6, 6.07) is 4.23. The largest absolute Gasteiger partial charge is 0.322 e. The number of nitrogens with zero attached hydrogens (tertiary/aromatic N) is 2. The van der Waals surface area contributed by atoms with Gasteiger partial charge in [-0.3, -0.25) is 14.9 Å². The number of halogens is 3. The van der Waals surface area contributed by atoms with E-state index in [4.69, 9.17) is 23.2 Å². The van der Waals surface area contributed by atoms with Crippen LogP contribution in [0.2, 0.25) is 10.2 Å².